The third-order valence-electron chi connectivity index (χ3n) is 3.91. The summed E-state index contributed by atoms with van der Waals surface area (Å²) in [5, 5.41) is 9.44. The normalized spacial score (nSPS) is 18.2. The molecule has 1 saturated heterocycles. The zero-order chi connectivity index (χ0) is 15.5. The van der Waals surface area contributed by atoms with Gasteiger partial charge in [0.2, 0.25) is 10.0 Å². The van der Waals surface area contributed by atoms with Crippen LogP contribution in [0.25, 0.3) is 0 Å². The van der Waals surface area contributed by atoms with Crippen LogP contribution in [0.3, 0.4) is 0 Å². The first-order valence-corrected chi connectivity index (χ1v) is 9.65. The lowest BCUT2D eigenvalue weighted by Crippen LogP contribution is -2.37. The average molecular weight is 332 g/mol. The van der Waals surface area contributed by atoms with Gasteiger partial charge >= 0.3 is 0 Å². The van der Waals surface area contributed by atoms with Gasteiger partial charge in [-0.1, -0.05) is 0 Å². The van der Waals surface area contributed by atoms with E-state index in [0.29, 0.717) is 10.8 Å². The van der Waals surface area contributed by atoms with Crippen molar-refractivity contribution in [2.45, 2.75) is 43.4 Å². The third kappa shape index (κ3) is 4.75. The molecule has 1 aliphatic rings. The van der Waals surface area contributed by atoms with Gasteiger partial charge in [0.1, 0.15) is 4.21 Å². The number of sulfonamides is 1. The summed E-state index contributed by atoms with van der Waals surface area (Å²) >= 11 is 1.32. The highest BCUT2D eigenvalue weighted by atomic mass is 32.2. The summed E-state index contributed by atoms with van der Waals surface area (Å²) in [5.41, 5.74) is 1.02. The Morgan fingerprint density at radius 3 is 2.62 bits per heavy atom. The fourth-order valence-corrected chi connectivity index (χ4v) is 5.03. The number of thiophene rings is 1. The first-order chi connectivity index (χ1) is 9.88. The van der Waals surface area contributed by atoms with E-state index in [4.69, 9.17) is 0 Å². The summed E-state index contributed by atoms with van der Waals surface area (Å²) in [6.45, 7) is 6.99. The van der Waals surface area contributed by atoms with Gasteiger partial charge in [-0.15, -0.1) is 11.3 Å². The summed E-state index contributed by atoms with van der Waals surface area (Å²) in [6, 6.07) is 1.73. The Balaban J connectivity index is 1.75. The highest BCUT2D eigenvalue weighted by Crippen LogP contribution is 2.24. The van der Waals surface area contributed by atoms with Gasteiger partial charge in [-0.05, 0) is 51.3 Å². The zero-order valence-electron chi connectivity index (χ0n) is 12.6. The minimum atomic E-state index is -3.36. The molecule has 0 saturated carbocycles. The minimum Gasteiger partial charge on any atom is -0.393 e. The van der Waals surface area contributed by atoms with Crippen molar-refractivity contribution in [1.29, 1.82) is 0 Å². The molecule has 0 atom stereocenters. The molecule has 0 aliphatic carbocycles. The molecule has 5 nitrogen and oxygen atoms in total. The van der Waals surface area contributed by atoms with Gasteiger partial charge in [0.25, 0.3) is 0 Å². The van der Waals surface area contributed by atoms with Gasteiger partial charge < -0.3 is 10.0 Å². The van der Waals surface area contributed by atoms with Crippen LogP contribution in [-0.2, 0) is 10.0 Å². The molecule has 21 heavy (non-hydrogen) atoms. The highest BCUT2D eigenvalue weighted by Gasteiger charge is 2.18. The van der Waals surface area contributed by atoms with Crippen LogP contribution in [0.2, 0.25) is 0 Å². The maximum absolute atomic E-state index is 12.1. The average Bonchev–Trinajstić information content (AvgIpc) is 2.78. The number of hydrogen-bond donors (Lipinski definition) is 2. The number of aliphatic hydroxyl groups is 1. The zero-order valence-corrected chi connectivity index (χ0v) is 14.3. The van der Waals surface area contributed by atoms with Crippen LogP contribution in [0.4, 0.5) is 0 Å². The van der Waals surface area contributed by atoms with Crippen LogP contribution in [0.1, 0.15) is 29.7 Å². The molecule has 2 rings (SSSR count). The standard InChI is InChI=1S/C14H24N2O3S2/c1-11-10-14(20-12(11)2)21(18,19)15-6-3-7-16-8-4-13(17)5-9-16/h10,13,15,17H,3-9H2,1-2H3. The number of nitrogens with zero attached hydrogens (tertiary/aromatic N) is 1. The molecular formula is C14H24N2O3S2. The van der Waals surface area contributed by atoms with Crippen molar-refractivity contribution in [2.75, 3.05) is 26.2 Å². The van der Waals surface area contributed by atoms with Crippen LogP contribution in [-0.4, -0.2) is 50.7 Å². The first-order valence-electron chi connectivity index (χ1n) is 7.35. The van der Waals surface area contributed by atoms with Gasteiger partial charge in [0.05, 0.1) is 6.10 Å². The Morgan fingerprint density at radius 1 is 1.38 bits per heavy atom. The molecule has 1 fully saturated rings. The van der Waals surface area contributed by atoms with E-state index in [9.17, 15) is 13.5 Å². The Morgan fingerprint density at radius 2 is 2.05 bits per heavy atom. The van der Waals surface area contributed by atoms with Crippen LogP contribution < -0.4 is 4.72 Å². The Labute approximate surface area is 131 Å². The molecule has 0 radical (unpaired) electrons. The van der Waals surface area contributed by atoms with Crippen LogP contribution >= 0.6 is 11.3 Å². The monoisotopic (exact) mass is 332 g/mol. The van der Waals surface area contributed by atoms with E-state index in [0.717, 1.165) is 49.3 Å². The molecule has 2 heterocycles. The number of nitrogens with one attached hydrogen (secondary N) is 1. The molecular weight excluding hydrogens is 308 g/mol. The van der Waals surface area contributed by atoms with Gasteiger partial charge in [-0.25, -0.2) is 13.1 Å². The first kappa shape index (κ1) is 16.9. The van der Waals surface area contributed by atoms with Gasteiger partial charge in [-0.2, -0.15) is 0 Å². The van der Waals surface area contributed by atoms with E-state index >= 15 is 0 Å². The van der Waals surface area contributed by atoms with Crippen molar-refractivity contribution in [3.05, 3.63) is 16.5 Å². The lowest BCUT2D eigenvalue weighted by Gasteiger charge is -2.29. The molecule has 7 heteroatoms. The van der Waals surface area contributed by atoms with Gasteiger partial charge in [0.15, 0.2) is 0 Å². The Hall–Kier alpha value is -0.470. The molecule has 0 amide bonds. The molecule has 1 aromatic heterocycles. The molecule has 1 aromatic rings. The van der Waals surface area contributed by atoms with Crippen molar-refractivity contribution in [3.8, 4) is 0 Å². The van der Waals surface area contributed by atoms with E-state index in [2.05, 4.69) is 9.62 Å². The summed E-state index contributed by atoms with van der Waals surface area (Å²) < 4.78 is 27.4. The maximum atomic E-state index is 12.1. The number of aryl methyl sites for hydroxylation is 2. The fraction of sp³-hybridized carbons (Fsp3) is 0.714. The van der Waals surface area contributed by atoms with Crippen LogP contribution in [0.15, 0.2) is 10.3 Å². The topological polar surface area (TPSA) is 69.6 Å². The smallest absolute Gasteiger partial charge is 0.250 e. The minimum absolute atomic E-state index is 0.162. The van der Waals surface area contributed by atoms with Crippen molar-refractivity contribution in [3.63, 3.8) is 0 Å². The summed E-state index contributed by atoms with van der Waals surface area (Å²) in [4.78, 5) is 3.32. The number of likely N-dealkylation sites (tertiary alicyclic amines) is 1. The number of piperidine rings is 1. The predicted molar refractivity (Wildman–Crippen MR) is 85.3 cm³/mol. The lowest BCUT2D eigenvalue weighted by molar-refractivity contribution is 0.0823. The quantitative estimate of drug-likeness (QED) is 0.775. The summed E-state index contributed by atoms with van der Waals surface area (Å²) in [5.74, 6) is 0. The largest absolute Gasteiger partial charge is 0.393 e. The van der Waals surface area contributed by atoms with E-state index in [1.54, 1.807) is 6.07 Å². The molecule has 0 aromatic carbocycles. The molecule has 2 N–H and O–H groups in total. The number of hydrogen-bond acceptors (Lipinski definition) is 5. The van der Waals surface area contributed by atoms with Crippen molar-refractivity contribution >= 4 is 21.4 Å². The van der Waals surface area contributed by atoms with E-state index in [-0.39, 0.29) is 6.10 Å². The highest BCUT2D eigenvalue weighted by molar-refractivity contribution is 7.91. The van der Waals surface area contributed by atoms with Crippen LogP contribution in [0.5, 0.6) is 0 Å². The van der Waals surface area contributed by atoms with Crippen molar-refractivity contribution in [2.24, 2.45) is 0 Å². The summed E-state index contributed by atoms with van der Waals surface area (Å²) in [6.07, 6.45) is 2.27. The van der Waals surface area contributed by atoms with Crippen molar-refractivity contribution in [1.82, 2.24) is 9.62 Å². The van der Waals surface area contributed by atoms with Gasteiger partial charge in [-0.3, -0.25) is 0 Å². The molecule has 0 bridgehead atoms. The van der Waals surface area contributed by atoms with E-state index < -0.39 is 10.0 Å². The fourth-order valence-electron chi connectivity index (χ4n) is 2.39. The van der Waals surface area contributed by atoms with E-state index in [1.165, 1.54) is 11.3 Å². The lowest BCUT2D eigenvalue weighted by atomic mass is 10.1. The predicted octanol–water partition coefficient (Wildman–Crippen LogP) is 1.49. The van der Waals surface area contributed by atoms with Gasteiger partial charge in [0, 0.05) is 24.5 Å². The van der Waals surface area contributed by atoms with Crippen LogP contribution in [0, 0.1) is 13.8 Å². The number of aliphatic hydroxyl groups excluding tert-OH is 1. The molecule has 120 valence electrons. The summed E-state index contributed by atoms with van der Waals surface area (Å²) in [7, 11) is -3.36. The Kier molecular flexibility index (Phi) is 5.79. The second-order valence-electron chi connectivity index (χ2n) is 5.63. The molecule has 0 spiro atoms. The second-order valence-corrected chi connectivity index (χ2v) is 8.88. The second kappa shape index (κ2) is 7.19. The maximum Gasteiger partial charge on any atom is 0.250 e. The molecule has 0 unspecified atom stereocenters. The SMILES string of the molecule is Cc1cc(S(=O)(=O)NCCCN2CCC(O)CC2)sc1C. The van der Waals surface area contributed by atoms with Crippen molar-refractivity contribution < 1.29 is 13.5 Å². The van der Waals surface area contributed by atoms with E-state index in [1.807, 2.05) is 13.8 Å². The molecule has 1 aliphatic heterocycles. The third-order valence-corrected chi connectivity index (χ3v) is 7.00. The number of rotatable bonds is 6. The Bertz CT molecular complexity index is 541.